The molecule has 21 heteroatoms. The maximum atomic E-state index is 14.1. The average molecular weight is 603 g/mol. The molecule has 38 heavy (non-hydrogen) atoms. The Balaban J connectivity index is 6.60. The van der Waals surface area contributed by atoms with E-state index in [1.54, 1.807) is 0 Å². The van der Waals surface area contributed by atoms with Crippen molar-refractivity contribution in [2.24, 2.45) is 5.92 Å². The highest BCUT2D eigenvalue weighted by molar-refractivity contribution is 5.89. The number of ether oxygens (including phenoxy) is 1. The second kappa shape index (κ2) is 10.2. The van der Waals surface area contributed by atoms with Crippen molar-refractivity contribution in [1.29, 1.82) is 0 Å². The summed E-state index contributed by atoms with van der Waals surface area (Å²) < 4.78 is 230. The van der Waals surface area contributed by atoms with Gasteiger partial charge in [0.05, 0.1) is 12.4 Å². The summed E-state index contributed by atoms with van der Waals surface area (Å²) in [6.07, 6.45) is -13.8. The van der Waals surface area contributed by atoms with E-state index in [1.165, 1.54) is 0 Å². The summed E-state index contributed by atoms with van der Waals surface area (Å²) in [6, 6.07) is 0. The summed E-state index contributed by atoms with van der Waals surface area (Å²) in [7, 11) is 0. The summed E-state index contributed by atoms with van der Waals surface area (Å²) in [5, 5.41) is 10.2. The molecule has 224 valence electrons. The summed E-state index contributed by atoms with van der Waals surface area (Å²) in [5.74, 6) is -63.2. The van der Waals surface area contributed by atoms with Gasteiger partial charge in [-0.05, 0) is 12.0 Å². The van der Waals surface area contributed by atoms with Crippen LogP contribution in [0.2, 0.25) is 0 Å². The number of rotatable bonds is 12. The van der Waals surface area contributed by atoms with Crippen molar-refractivity contribution >= 4 is 11.9 Å². The van der Waals surface area contributed by atoms with E-state index in [0.717, 1.165) is 13.8 Å². The van der Waals surface area contributed by atoms with E-state index in [-0.39, 0.29) is 12.2 Å². The van der Waals surface area contributed by atoms with Crippen LogP contribution in [-0.2, 0) is 14.3 Å². The molecule has 0 N–H and O–H groups in total. The molecule has 0 aromatic carbocycles. The molecule has 0 aliphatic heterocycles. The van der Waals surface area contributed by atoms with Gasteiger partial charge in [-0.1, -0.05) is 13.8 Å². The molecule has 1 unspecified atom stereocenters. The molecule has 0 heterocycles. The summed E-state index contributed by atoms with van der Waals surface area (Å²) in [6.45, 7) is 1.44. The van der Waals surface area contributed by atoms with Gasteiger partial charge in [0.2, 0.25) is 0 Å². The Bertz CT molecular complexity index is 905. The summed E-state index contributed by atoms with van der Waals surface area (Å²) in [4.78, 5) is 21.5. The maximum Gasteiger partial charge on any atom is 0.460 e. The van der Waals surface area contributed by atoms with Crippen LogP contribution in [0.15, 0.2) is 12.2 Å². The van der Waals surface area contributed by atoms with Gasteiger partial charge in [0.1, 0.15) is 6.10 Å². The highest BCUT2D eigenvalue weighted by atomic mass is 19.4. The summed E-state index contributed by atoms with van der Waals surface area (Å²) in [5.41, 5.74) is 0. The van der Waals surface area contributed by atoms with Crippen LogP contribution in [0.1, 0.15) is 20.3 Å². The number of halogens is 17. The lowest BCUT2D eigenvalue weighted by molar-refractivity contribution is -0.462. The highest BCUT2D eigenvalue weighted by Crippen LogP contribution is 2.64. The maximum absolute atomic E-state index is 14.1. The lowest BCUT2D eigenvalue weighted by Gasteiger charge is -2.43. The first-order chi connectivity index (χ1) is 16.4. The van der Waals surface area contributed by atoms with Crippen molar-refractivity contribution in [3.8, 4) is 0 Å². The minimum atomic E-state index is -8.75. The molecule has 0 saturated carbocycles. The molecule has 0 aromatic rings. The zero-order chi connectivity index (χ0) is 31.1. The SMILES string of the molecule is CC(C)C(CC(F)(F)C(F)(F)C(F)(F)C(F)(F)C(F)(F)C(F)(F)C(F)(F)C(F)(F)F)OC(=O)/C=C/C(=O)[O-]. The smallest absolute Gasteiger partial charge is 0.460 e. The zero-order valence-electron chi connectivity index (χ0n) is 18.1. The van der Waals surface area contributed by atoms with Crippen LogP contribution in [-0.4, -0.2) is 65.7 Å². The first-order valence-electron chi connectivity index (χ1n) is 9.18. The van der Waals surface area contributed by atoms with Crippen LogP contribution in [0.25, 0.3) is 0 Å². The van der Waals surface area contributed by atoms with Crippen molar-refractivity contribution in [2.75, 3.05) is 0 Å². The van der Waals surface area contributed by atoms with Crippen LogP contribution < -0.4 is 5.11 Å². The molecular weight excluding hydrogens is 591 g/mol. The number of esters is 1. The number of alkyl halides is 17. The largest absolute Gasteiger partial charge is 0.545 e. The van der Waals surface area contributed by atoms with Crippen molar-refractivity contribution in [1.82, 2.24) is 0 Å². The molecule has 0 bridgehead atoms. The standard InChI is InChI=1S/C17H13F17O4/c1-6(2)7(38-9(37)4-3-8(35)36)5-10(18,19)11(20,21)12(22,23)13(24,25)14(26,27)15(28,29)16(30,31)17(32,33)34/h3-4,6-7H,5H2,1-2H3,(H,35,36)/p-1/b4-3+. The minimum absolute atomic E-state index is 0.104. The molecule has 1 atom stereocenters. The van der Waals surface area contributed by atoms with E-state index in [9.17, 15) is 89.3 Å². The molecule has 0 fully saturated rings. The third-order valence-electron chi connectivity index (χ3n) is 4.61. The van der Waals surface area contributed by atoms with E-state index in [1.807, 2.05) is 0 Å². The van der Waals surface area contributed by atoms with Gasteiger partial charge < -0.3 is 14.6 Å². The van der Waals surface area contributed by atoms with Crippen LogP contribution in [0.3, 0.4) is 0 Å². The molecule has 0 radical (unpaired) electrons. The monoisotopic (exact) mass is 603 g/mol. The summed E-state index contributed by atoms with van der Waals surface area (Å²) >= 11 is 0. The van der Waals surface area contributed by atoms with E-state index in [4.69, 9.17) is 0 Å². The van der Waals surface area contributed by atoms with Gasteiger partial charge in [0.25, 0.3) is 0 Å². The van der Waals surface area contributed by atoms with Gasteiger partial charge in [0.15, 0.2) is 0 Å². The third kappa shape index (κ3) is 5.74. The molecule has 0 saturated heterocycles. The van der Waals surface area contributed by atoms with Gasteiger partial charge in [-0.3, -0.25) is 0 Å². The second-order valence-electron chi connectivity index (χ2n) is 7.72. The fourth-order valence-corrected chi connectivity index (χ4v) is 2.32. The molecule has 0 aromatic heterocycles. The van der Waals surface area contributed by atoms with Crippen molar-refractivity contribution in [2.45, 2.75) is 74.0 Å². The molecule has 0 amide bonds. The Hall–Kier alpha value is -2.51. The van der Waals surface area contributed by atoms with Crippen molar-refractivity contribution in [3.63, 3.8) is 0 Å². The number of hydrogen-bond acceptors (Lipinski definition) is 4. The Morgan fingerprint density at radius 2 is 0.974 bits per heavy atom. The topological polar surface area (TPSA) is 66.4 Å². The number of carboxylic acid groups (broad SMARTS) is 1. The van der Waals surface area contributed by atoms with E-state index in [0.29, 0.717) is 0 Å². The number of hydrogen-bond donors (Lipinski definition) is 0. The van der Waals surface area contributed by atoms with Gasteiger partial charge in [-0.15, -0.1) is 0 Å². The van der Waals surface area contributed by atoms with Crippen LogP contribution >= 0.6 is 0 Å². The number of aliphatic carboxylic acids is 1. The molecular formula is C17H12F17O4-. The van der Waals surface area contributed by atoms with Gasteiger partial charge in [-0.25, -0.2) is 4.79 Å². The zero-order valence-corrected chi connectivity index (χ0v) is 18.1. The normalized spacial score (nSPS) is 16.2. The quantitative estimate of drug-likeness (QED) is 0.174. The molecule has 0 rings (SSSR count). The fraction of sp³-hybridized carbons (Fsp3) is 0.765. The predicted molar refractivity (Wildman–Crippen MR) is 84.2 cm³/mol. The second-order valence-corrected chi connectivity index (χ2v) is 7.72. The third-order valence-corrected chi connectivity index (χ3v) is 4.61. The Morgan fingerprint density at radius 3 is 1.29 bits per heavy atom. The van der Waals surface area contributed by atoms with Gasteiger partial charge in [0, 0.05) is 6.08 Å². The van der Waals surface area contributed by atoms with Crippen LogP contribution in [0.4, 0.5) is 74.6 Å². The van der Waals surface area contributed by atoms with E-state index >= 15 is 0 Å². The Morgan fingerprint density at radius 1 is 0.632 bits per heavy atom. The van der Waals surface area contributed by atoms with E-state index < -0.39 is 78.0 Å². The Kier molecular flexibility index (Phi) is 9.56. The predicted octanol–water partition coefficient (Wildman–Crippen LogP) is 5.26. The lowest BCUT2D eigenvalue weighted by Crippen LogP contribution is -2.74. The fourth-order valence-electron chi connectivity index (χ4n) is 2.32. The van der Waals surface area contributed by atoms with Gasteiger partial charge in [-0.2, -0.15) is 74.6 Å². The number of carboxylic acids is 1. The average Bonchev–Trinajstić information content (AvgIpc) is 2.69. The van der Waals surface area contributed by atoms with Crippen LogP contribution in [0, 0.1) is 5.92 Å². The van der Waals surface area contributed by atoms with E-state index in [2.05, 4.69) is 4.74 Å². The van der Waals surface area contributed by atoms with Gasteiger partial charge >= 0.3 is 53.6 Å². The highest BCUT2D eigenvalue weighted by Gasteiger charge is 2.95. The number of carbonyl (C=O) groups excluding carboxylic acids is 2. The van der Waals surface area contributed by atoms with Crippen molar-refractivity contribution < 1.29 is 94.1 Å². The number of carbonyl (C=O) groups is 2. The Labute approximate surface area is 199 Å². The molecule has 0 aliphatic carbocycles. The first-order valence-corrected chi connectivity index (χ1v) is 9.18. The molecule has 0 aliphatic rings. The van der Waals surface area contributed by atoms with Crippen molar-refractivity contribution in [3.05, 3.63) is 12.2 Å². The molecule has 0 spiro atoms. The minimum Gasteiger partial charge on any atom is -0.545 e. The van der Waals surface area contributed by atoms with Crippen LogP contribution in [0.5, 0.6) is 0 Å². The lowest BCUT2D eigenvalue weighted by atomic mass is 9.86. The first kappa shape index (κ1) is 35.5. The molecule has 4 nitrogen and oxygen atoms in total.